The van der Waals surface area contributed by atoms with Crippen LogP contribution < -0.4 is 0 Å². The van der Waals surface area contributed by atoms with Crippen molar-refractivity contribution in [2.75, 3.05) is 26.0 Å². The molecule has 1 aliphatic rings. The van der Waals surface area contributed by atoms with Crippen LogP contribution >= 0.6 is 29.6 Å². The number of hydrogen-bond acceptors (Lipinski definition) is 3. The van der Waals surface area contributed by atoms with Crippen LogP contribution in [-0.2, 0) is 0 Å². The lowest BCUT2D eigenvalue weighted by atomic mass is 10.1. The number of nitrogens with zero attached hydrogens (tertiary/aromatic N) is 2. The summed E-state index contributed by atoms with van der Waals surface area (Å²) in [4.78, 5) is 4.62. The lowest BCUT2D eigenvalue weighted by molar-refractivity contribution is 0.290. The second-order valence-electron chi connectivity index (χ2n) is 5.06. The van der Waals surface area contributed by atoms with Crippen molar-refractivity contribution in [2.24, 2.45) is 0 Å². The van der Waals surface area contributed by atoms with Crippen LogP contribution in [0.2, 0.25) is 0 Å². The van der Waals surface area contributed by atoms with Gasteiger partial charge in [-0.3, -0.25) is 0 Å². The fourth-order valence-corrected chi connectivity index (χ4v) is 2.45. The van der Waals surface area contributed by atoms with Gasteiger partial charge in [0, 0.05) is 26.0 Å². The number of thiol groups is 1. The van der Waals surface area contributed by atoms with Crippen LogP contribution in [0.15, 0.2) is 12.4 Å². The molecule has 0 saturated carbocycles. The van der Waals surface area contributed by atoms with Crippen molar-refractivity contribution in [3.63, 3.8) is 0 Å². The smallest absolute Gasteiger partial charge is 0.0890 e. The molecule has 0 bridgehead atoms. The van der Waals surface area contributed by atoms with Gasteiger partial charge in [0.25, 0.3) is 0 Å². The molecule has 0 atom stereocenters. The molecule has 0 spiro atoms. The molecule has 0 aliphatic carbocycles. The molecule has 0 aromatic carbocycles. The monoisotopic (exact) mass is 336 g/mol. The molecule has 2 nitrogen and oxygen atoms in total. The molecule has 108 valence electrons. The van der Waals surface area contributed by atoms with Crippen LogP contribution in [0.5, 0.6) is 0 Å². The first kappa shape index (κ1) is 18.2. The van der Waals surface area contributed by atoms with E-state index in [0.717, 1.165) is 12.4 Å². The second-order valence-corrected chi connectivity index (χ2v) is 5.51. The van der Waals surface area contributed by atoms with Crippen LogP contribution in [-0.4, -0.2) is 35.8 Å². The van der Waals surface area contributed by atoms with Gasteiger partial charge in [-0.15, -0.1) is 17.0 Å². The van der Waals surface area contributed by atoms with E-state index in [1.165, 1.54) is 57.9 Å². The molecule has 0 aromatic heterocycles. The maximum absolute atomic E-state index is 4.23. The van der Waals surface area contributed by atoms with Gasteiger partial charge in [-0.2, -0.15) is 12.6 Å². The Morgan fingerprint density at radius 2 is 1.44 bits per heavy atom. The van der Waals surface area contributed by atoms with Gasteiger partial charge >= 0.3 is 0 Å². The Hall–Kier alpha value is 0.170. The third-order valence-corrected chi connectivity index (χ3v) is 3.61. The first-order valence-corrected chi connectivity index (χ1v) is 7.69. The third-order valence-electron chi connectivity index (χ3n) is 3.29. The summed E-state index contributed by atoms with van der Waals surface area (Å²) in [6.07, 6.45) is 15.4. The highest BCUT2D eigenvalue weighted by Crippen LogP contribution is 2.10. The summed E-state index contributed by atoms with van der Waals surface area (Å²) in [6, 6.07) is 0. The predicted molar refractivity (Wildman–Crippen MR) is 89.6 cm³/mol. The van der Waals surface area contributed by atoms with E-state index < -0.39 is 0 Å². The van der Waals surface area contributed by atoms with Crippen molar-refractivity contribution in [3.05, 3.63) is 12.4 Å². The van der Waals surface area contributed by atoms with E-state index in [1.807, 2.05) is 0 Å². The first-order valence-electron chi connectivity index (χ1n) is 7.06. The van der Waals surface area contributed by atoms with Crippen LogP contribution in [0, 0.1) is 0 Å². The Morgan fingerprint density at radius 1 is 0.889 bits per heavy atom. The van der Waals surface area contributed by atoms with E-state index in [2.05, 4.69) is 41.9 Å². The van der Waals surface area contributed by atoms with E-state index in [4.69, 9.17) is 0 Å². The number of unbranched alkanes of at least 4 members (excludes halogenated alkanes) is 7. The molecule has 1 aliphatic heterocycles. The molecule has 0 aromatic rings. The van der Waals surface area contributed by atoms with Crippen molar-refractivity contribution < 1.29 is 0 Å². The molecule has 4 heteroatoms. The Bertz CT molecular complexity index is 212. The zero-order valence-electron chi connectivity index (χ0n) is 11.7. The Balaban J connectivity index is 0.00000289. The highest BCUT2D eigenvalue weighted by atomic mass is 79.9. The van der Waals surface area contributed by atoms with Gasteiger partial charge in [0.05, 0.1) is 6.67 Å². The summed E-state index contributed by atoms with van der Waals surface area (Å²) in [6.45, 7) is 2.30. The van der Waals surface area contributed by atoms with Crippen LogP contribution in [0.1, 0.15) is 51.4 Å². The standard InChI is InChI=1S/C14H28N2S.BrH/c1-15-11-12-16(14-15)10-8-6-4-2-3-5-7-9-13-17;/h11-12,17H,2-10,13-14H2,1H3;1H. The van der Waals surface area contributed by atoms with E-state index >= 15 is 0 Å². The summed E-state index contributed by atoms with van der Waals surface area (Å²) in [5, 5.41) is 0. The van der Waals surface area contributed by atoms with Gasteiger partial charge in [-0.25, -0.2) is 0 Å². The van der Waals surface area contributed by atoms with E-state index in [9.17, 15) is 0 Å². The largest absolute Gasteiger partial charge is 0.362 e. The second kappa shape index (κ2) is 12.2. The molecule has 0 radical (unpaired) electrons. The minimum absolute atomic E-state index is 0. The summed E-state index contributed by atoms with van der Waals surface area (Å²) >= 11 is 4.23. The third kappa shape index (κ3) is 9.15. The average Bonchev–Trinajstić information content (AvgIpc) is 2.73. The molecule has 1 rings (SSSR count). The Kier molecular flexibility index (Phi) is 12.3. The Labute approximate surface area is 129 Å². The van der Waals surface area contributed by atoms with Gasteiger partial charge in [0.15, 0.2) is 0 Å². The molecule has 0 fully saturated rings. The van der Waals surface area contributed by atoms with Gasteiger partial charge in [-0.1, -0.05) is 38.5 Å². The number of hydrogen-bond donors (Lipinski definition) is 1. The molecular weight excluding hydrogens is 308 g/mol. The lowest BCUT2D eigenvalue weighted by Crippen LogP contribution is -2.23. The van der Waals surface area contributed by atoms with E-state index in [-0.39, 0.29) is 17.0 Å². The van der Waals surface area contributed by atoms with Gasteiger partial charge < -0.3 is 9.80 Å². The van der Waals surface area contributed by atoms with E-state index in [0.29, 0.717) is 0 Å². The van der Waals surface area contributed by atoms with Gasteiger partial charge in [0.2, 0.25) is 0 Å². The van der Waals surface area contributed by atoms with E-state index in [1.54, 1.807) is 0 Å². The SMILES string of the molecule is Br.CN1C=CN(CCCCCCCCCCS)C1. The highest BCUT2D eigenvalue weighted by Gasteiger charge is 2.06. The lowest BCUT2D eigenvalue weighted by Gasteiger charge is -2.17. The molecule has 0 unspecified atom stereocenters. The number of halogens is 1. The molecule has 0 amide bonds. The fraction of sp³-hybridized carbons (Fsp3) is 0.857. The minimum atomic E-state index is 0. The average molecular weight is 337 g/mol. The number of rotatable bonds is 10. The quantitative estimate of drug-likeness (QED) is 0.469. The summed E-state index contributed by atoms with van der Waals surface area (Å²) in [7, 11) is 2.13. The van der Waals surface area contributed by atoms with Crippen molar-refractivity contribution in [1.29, 1.82) is 0 Å². The minimum Gasteiger partial charge on any atom is -0.362 e. The fourth-order valence-electron chi connectivity index (χ4n) is 2.22. The normalized spacial score (nSPS) is 14.1. The van der Waals surface area contributed by atoms with Crippen LogP contribution in [0.25, 0.3) is 0 Å². The molecule has 0 saturated heterocycles. The molecule has 0 N–H and O–H groups in total. The highest BCUT2D eigenvalue weighted by molar-refractivity contribution is 8.93. The van der Waals surface area contributed by atoms with Gasteiger partial charge in [0.1, 0.15) is 0 Å². The maximum Gasteiger partial charge on any atom is 0.0890 e. The summed E-state index contributed by atoms with van der Waals surface area (Å²) in [5.41, 5.74) is 0. The van der Waals surface area contributed by atoms with Crippen LogP contribution in [0.3, 0.4) is 0 Å². The maximum atomic E-state index is 4.23. The Morgan fingerprint density at radius 3 is 1.94 bits per heavy atom. The first-order chi connectivity index (χ1) is 8.33. The van der Waals surface area contributed by atoms with Crippen molar-refractivity contribution in [3.8, 4) is 0 Å². The van der Waals surface area contributed by atoms with Gasteiger partial charge in [-0.05, 0) is 18.6 Å². The zero-order chi connectivity index (χ0) is 12.3. The van der Waals surface area contributed by atoms with Crippen LogP contribution in [0.4, 0.5) is 0 Å². The van der Waals surface area contributed by atoms with Crippen molar-refractivity contribution in [2.45, 2.75) is 51.4 Å². The molecule has 18 heavy (non-hydrogen) atoms. The van der Waals surface area contributed by atoms with Crippen molar-refractivity contribution >= 4 is 29.6 Å². The predicted octanol–water partition coefficient (Wildman–Crippen LogP) is 4.29. The summed E-state index contributed by atoms with van der Waals surface area (Å²) in [5.74, 6) is 1.05. The topological polar surface area (TPSA) is 6.48 Å². The molecular formula is C14H29BrN2S. The van der Waals surface area contributed by atoms with Crippen molar-refractivity contribution in [1.82, 2.24) is 9.80 Å². The summed E-state index contributed by atoms with van der Waals surface area (Å²) < 4.78 is 0. The zero-order valence-corrected chi connectivity index (χ0v) is 14.3. The molecule has 1 heterocycles.